The summed E-state index contributed by atoms with van der Waals surface area (Å²) in [5.74, 6) is 0.706. The van der Waals surface area contributed by atoms with Crippen LogP contribution in [0.3, 0.4) is 0 Å². The van der Waals surface area contributed by atoms with E-state index < -0.39 is 0 Å². The minimum absolute atomic E-state index is 0.531. The van der Waals surface area contributed by atoms with Gasteiger partial charge in [0.2, 0.25) is 0 Å². The molecule has 1 aromatic heterocycles. The summed E-state index contributed by atoms with van der Waals surface area (Å²) in [5.41, 5.74) is 5.40. The Bertz CT molecular complexity index is 309. The number of hydrogen-bond donors (Lipinski definition) is 1. The van der Waals surface area contributed by atoms with Crippen LogP contribution in [-0.4, -0.2) is 43.7 Å². The van der Waals surface area contributed by atoms with Gasteiger partial charge in [0.05, 0.1) is 18.6 Å². The first-order valence-electron chi connectivity index (χ1n) is 4.27. The molecular weight excluding hydrogens is 200 g/mol. The molecule has 0 amide bonds. The number of thiocarbonyl (C=S) groups is 1. The number of aryl methyl sites for hydroxylation is 1. The fourth-order valence-electron chi connectivity index (χ4n) is 1.01. The summed E-state index contributed by atoms with van der Waals surface area (Å²) in [7, 11) is 3.71. The van der Waals surface area contributed by atoms with E-state index in [1.807, 2.05) is 7.05 Å². The molecular formula is C7H14N6S. The maximum atomic E-state index is 5.40. The van der Waals surface area contributed by atoms with Crippen LogP contribution in [0.5, 0.6) is 0 Å². The molecule has 0 spiro atoms. The molecule has 0 fully saturated rings. The van der Waals surface area contributed by atoms with Crippen LogP contribution >= 0.6 is 12.2 Å². The van der Waals surface area contributed by atoms with Gasteiger partial charge in [0.1, 0.15) is 0 Å². The van der Waals surface area contributed by atoms with E-state index in [0.717, 1.165) is 6.54 Å². The van der Waals surface area contributed by atoms with E-state index >= 15 is 0 Å². The minimum Gasteiger partial charge on any atom is -0.393 e. The third-order valence-electron chi connectivity index (χ3n) is 1.70. The highest BCUT2D eigenvalue weighted by Crippen LogP contribution is 1.95. The van der Waals surface area contributed by atoms with Gasteiger partial charge >= 0.3 is 0 Å². The van der Waals surface area contributed by atoms with Gasteiger partial charge in [0.15, 0.2) is 5.82 Å². The second kappa shape index (κ2) is 4.97. The van der Waals surface area contributed by atoms with Crippen LogP contribution in [0.4, 0.5) is 0 Å². The lowest BCUT2D eigenvalue weighted by molar-refractivity contribution is 0.328. The summed E-state index contributed by atoms with van der Waals surface area (Å²) in [6.45, 7) is 1.48. The molecule has 0 atom stereocenters. The van der Waals surface area contributed by atoms with Crippen molar-refractivity contribution in [3.8, 4) is 0 Å². The molecule has 0 aliphatic carbocycles. The largest absolute Gasteiger partial charge is 0.393 e. The fourth-order valence-corrected chi connectivity index (χ4v) is 1.10. The van der Waals surface area contributed by atoms with Crippen LogP contribution in [0.2, 0.25) is 0 Å². The normalized spacial score (nSPS) is 10.8. The van der Waals surface area contributed by atoms with E-state index in [-0.39, 0.29) is 0 Å². The molecule has 0 aliphatic heterocycles. The van der Waals surface area contributed by atoms with Crippen molar-refractivity contribution in [3.05, 3.63) is 5.82 Å². The number of nitrogens with two attached hydrogens (primary N) is 1. The molecule has 0 aliphatic rings. The third kappa shape index (κ3) is 3.75. The molecule has 0 aromatic carbocycles. The molecule has 7 heteroatoms. The van der Waals surface area contributed by atoms with Crippen LogP contribution in [0.25, 0.3) is 0 Å². The number of aromatic nitrogens is 4. The quantitative estimate of drug-likeness (QED) is 0.655. The van der Waals surface area contributed by atoms with Crippen molar-refractivity contribution in [2.24, 2.45) is 12.8 Å². The SMILES string of the molecule is CN(CCC(N)=S)Cc1nnn(C)n1. The Labute approximate surface area is 88.1 Å². The molecule has 2 N–H and O–H groups in total. The Balaban J connectivity index is 2.33. The van der Waals surface area contributed by atoms with Crippen LogP contribution in [0, 0.1) is 0 Å². The molecule has 0 saturated carbocycles. The van der Waals surface area contributed by atoms with Crippen molar-refractivity contribution in [1.29, 1.82) is 0 Å². The van der Waals surface area contributed by atoms with Gasteiger partial charge in [0, 0.05) is 13.0 Å². The van der Waals surface area contributed by atoms with Gasteiger partial charge in [-0.25, -0.2) is 0 Å². The highest BCUT2D eigenvalue weighted by atomic mass is 32.1. The minimum atomic E-state index is 0.531. The molecule has 6 nitrogen and oxygen atoms in total. The summed E-state index contributed by atoms with van der Waals surface area (Å²) >= 11 is 4.79. The Morgan fingerprint density at radius 2 is 2.36 bits per heavy atom. The van der Waals surface area contributed by atoms with Crippen molar-refractivity contribution in [2.45, 2.75) is 13.0 Å². The molecule has 78 valence electrons. The van der Waals surface area contributed by atoms with Gasteiger partial charge in [-0.05, 0) is 12.3 Å². The second-order valence-electron chi connectivity index (χ2n) is 3.15. The molecule has 0 radical (unpaired) electrons. The van der Waals surface area contributed by atoms with E-state index in [4.69, 9.17) is 18.0 Å². The van der Waals surface area contributed by atoms with Crippen molar-refractivity contribution in [1.82, 2.24) is 25.1 Å². The summed E-state index contributed by atoms with van der Waals surface area (Å²) in [4.78, 5) is 4.02. The molecule has 1 aromatic rings. The first kappa shape index (κ1) is 11.0. The highest BCUT2D eigenvalue weighted by molar-refractivity contribution is 7.80. The zero-order chi connectivity index (χ0) is 10.6. The lowest BCUT2D eigenvalue weighted by atomic mass is 10.4. The number of nitrogens with zero attached hydrogens (tertiary/aromatic N) is 5. The van der Waals surface area contributed by atoms with Gasteiger partial charge in [-0.2, -0.15) is 4.80 Å². The van der Waals surface area contributed by atoms with Crippen LogP contribution in [0.15, 0.2) is 0 Å². The van der Waals surface area contributed by atoms with Crippen molar-refractivity contribution in [2.75, 3.05) is 13.6 Å². The topological polar surface area (TPSA) is 72.9 Å². The lowest BCUT2D eigenvalue weighted by Gasteiger charge is -2.12. The average molecular weight is 214 g/mol. The van der Waals surface area contributed by atoms with Crippen molar-refractivity contribution >= 4 is 17.2 Å². The van der Waals surface area contributed by atoms with Crippen molar-refractivity contribution in [3.63, 3.8) is 0 Å². The first-order valence-corrected chi connectivity index (χ1v) is 4.68. The monoisotopic (exact) mass is 214 g/mol. The van der Waals surface area contributed by atoms with Gasteiger partial charge in [-0.3, -0.25) is 4.90 Å². The molecule has 14 heavy (non-hydrogen) atoms. The van der Waals surface area contributed by atoms with Gasteiger partial charge in [0.25, 0.3) is 0 Å². The predicted octanol–water partition coefficient (Wildman–Crippen LogP) is -0.682. The number of rotatable bonds is 5. The summed E-state index contributed by atoms with van der Waals surface area (Å²) in [6.07, 6.45) is 0.714. The first-order chi connectivity index (χ1) is 6.58. The maximum absolute atomic E-state index is 5.40. The van der Waals surface area contributed by atoms with Crippen LogP contribution < -0.4 is 5.73 Å². The van der Waals surface area contributed by atoms with E-state index in [9.17, 15) is 0 Å². The van der Waals surface area contributed by atoms with Crippen LogP contribution in [-0.2, 0) is 13.6 Å². The van der Waals surface area contributed by atoms with E-state index in [0.29, 0.717) is 23.8 Å². The molecule has 0 bridgehead atoms. The van der Waals surface area contributed by atoms with E-state index in [1.54, 1.807) is 7.05 Å². The smallest absolute Gasteiger partial charge is 0.188 e. The number of tetrazole rings is 1. The zero-order valence-electron chi connectivity index (χ0n) is 8.34. The Morgan fingerprint density at radius 1 is 1.64 bits per heavy atom. The molecule has 0 saturated heterocycles. The summed E-state index contributed by atoms with van der Waals surface area (Å²) in [5, 5.41) is 11.7. The van der Waals surface area contributed by atoms with Crippen LogP contribution in [0.1, 0.15) is 12.2 Å². The maximum Gasteiger partial charge on any atom is 0.188 e. The van der Waals surface area contributed by atoms with E-state index in [1.165, 1.54) is 4.80 Å². The standard InChI is InChI=1S/C7H14N6S/c1-12(4-3-6(8)14)5-7-9-11-13(2)10-7/h3-5H2,1-2H3,(H2,8,14). The lowest BCUT2D eigenvalue weighted by Crippen LogP contribution is -2.24. The zero-order valence-corrected chi connectivity index (χ0v) is 9.16. The Kier molecular flexibility index (Phi) is 3.90. The predicted molar refractivity (Wildman–Crippen MR) is 56.5 cm³/mol. The Hall–Kier alpha value is -1.08. The van der Waals surface area contributed by atoms with Gasteiger partial charge in [-0.15, -0.1) is 10.2 Å². The Morgan fingerprint density at radius 3 is 2.86 bits per heavy atom. The highest BCUT2D eigenvalue weighted by Gasteiger charge is 2.05. The van der Waals surface area contributed by atoms with Gasteiger partial charge in [-0.1, -0.05) is 12.2 Å². The third-order valence-corrected chi connectivity index (χ3v) is 1.91. The molecule has 1 heterocycles. The fraction of sp³-hybridized carbons (Fsp3) is 0.714. The molecule has 1 rings (SSSR count). The molecule has 0 unspecified atom stereocenters. The average Bonchev–Trinajstić information content (AvgIpc) is 2.48. The van der Waals surface area contributed by atoms with Crippen molar-refractivity contribution < 1.29 is 0 Å². The summed E-state index contributed by atoms with van der Waals surface area (Å²) < 4.78 is 0. The number of hydrogen-bond acceptors (Lipinski definition) is 5. The second-order valence-corrected chi connectivity index (χ2v) is 3.67. The summed E-state index contributed by atoms with van der Waals surface area (Å²) in [6, 6.07) is 0. The van der Waals surface area contributed by atoms with E-state index in [2.05, 4.69) is 20.3 Å². The van der Waals surface area contributed by atoms with Gasteiger partial charge < -0.3 is 5.73 Å².